The van der Waals surface area contributed by atoms with Crippen LogP contribution in [0.1, 0.15) is 38.7 Å². The van der Waals surface area contributed by atoms with Crippen LogP contribution >= 0.6 is 104 Å². The number of rotatable bonds is 8. The van der Waals surface area contributed by atoms with Gasteiger partial charge in [-0.05, 0) is 54.1 Å². The minimum Gasteiger partial charge on any atom is -0.354 e. The third-order valence-corrected chi connectivity index (χ3v) is 13.5. The predicted molar refractivity (Wildman–Crippen MR) is 257 cm³/mol. The Hall–Kier alpha value is -4.64. The van der Waals surface area contributed by atoms with Crippen molar-refractivity contribution >= 4 is 126 Å². The first kappa shape index (κ1) is 49.8. The van der Waals surface area contributed by atoms with Gasteiger partial charge >= 0.3 is 0 Å². The summed E-state index contributed by atoms with van der Waals surface area (Å²) in [6, 6.07) is 34.2. The minimum atomic E-state index is -3.57. The molecule has 1 aliphatic rings. The molecule has 1 amide bonds. The fourth-order valence-electron chi connectivity index (χ4n) is 6.34. The molecule has 1 N–H and O–H groups in total. The summed E-state index contributed by atoms with van der Waals surface area (Å²) in [4.78, 5) is 20.2. The Kier molecular flexibility index (Phi) is 16.3. The number of sulfone groups is 1. The van der Waals surface area contributed by atoms with E-state index in [9.17, 15) is 13.2 Å². The fraction of sp³-hybridized carbons (Fsp3) is 0.0909. The van der Waals surface area contributed by atoms with Gasteiger partial charge in [-0.3, -0.25) is 4.79 Å². The Morgan fingerprint density at radius 1 is 0.754 bits per heavy atom. The molecule has 0 bridgehead atoms. The SMILES string of the molecule is CS(=O)(=O)c1ncnn1C[C@@]1(c2ccccc2Cl)O[C@H]1c1ccc(Cl)cc1Cl.N#Cc1c(Cl)c(Cl)c(Cl)c(C#N)c1Cl.O=C(Nc1ccccc1-c1ccc(Cl)cc1)c1cccnc1Cl. The quantitative estimate of drug-likeness (QED) is 0.0674. The molecule has 0 aliphatic carbocycles. The Labute approximate surface area is 417 Å². The first-order valence-electron chi connectivity index (χ1n) is 18.3. The summed E-state index contributed by atoms with van der Waals surface area (Å²) in [6.07, 6.45) is 3.37. The molecule has 1 aliphatic heterocycles. The highest BCUT2D eigenvalue weighted by atomic mass is 35.5. The molecule has 1 fully saturated rings. The number of epoxide rings is 1. The van der Waals surface area contributed by atoms with E-state index in [1.54, 1.807) is 54.7 Å². The molecule has 1 saturated heterocycles. The number of pyridine rings is 1. The zero-order valence-electron chi connectivity index (χ0n) is 32.9. The molecule has 11 nitrogen and oxygen atoms in total. The monoisotopic (exact) mass is 1060 g/mol. The van der Waals surface area contributed by atoms with Gasteiger partial charge in [0.2, 0.25) is 15.0 Å². The number of anilines is 1. The smallest absolute Gasteiger partial charge is 0.258 e. The largest absolute Gasteiger partial charge is 0.354 e. The lowest BCUT2D eigenvalue weighted by molar-refractivity contribution is 0.102. The molecule has 8 rings (SSSR count). The Morgan fingerprint density at radius 2 is 1.38 bits per heavy atom. The van der Waals surface area contributed by atoms with Crippen molar-refractivity contribution in [2.75, 3.05) is 11.6 Å². The standard InChI is InChI=1S/C18H14Cl3N3O3S.C18H12Cl2N2O.C8Cl4N2/c1-28(25,26)17-22-10-23-24(17)9-18(13-4-2-3-5-14(13)20)16(27-18)12-7-6-11(19)8-15(12)21;19-13-9-7-12(8-10-13)14-4-1-2-6-16(14)22-18(23)15-5-3-11-21-17(15)20;9-5-3(1-13)6(10)8(12)7(11)4(5)2-14/h2-8,10,16H,9H2,1H3;1-11H,(H,22,23);/t16-,18-;;/m0../s1. The molecule has 7 aromatic rings. The average molecular weight is 1070 g/mol. The topological polar surface area (TPSA) is 167 Å². The molecule has 65 heavy (non-hydrogen) atoms. The average Bonchev–Trinajstić information content (AvgIpc) is 3.77. The van der Waals surface area contributed by atoms with Gasteiger partial charge in [0, 0.05) is 54.9 Å². The van der Waals surface area contributed by atoms with Crippen LogP contribution in [0.25, 0.3) is 11.1 Å². The molecule has 2 aromatic heterocycles. The number of hydrogen-bond acceptors (Lipinski definition) is 9. The lowest BCUT2D eigenvalue weighted by Crippen LogP contribution is -2.23. The van der Waals surface area contributed by atoms with Crippen LogP contribution in [0.15, 0.2) is 121 Å². The van der Waals surface area contributed by atoms with Gasteiger partial charge in [0.15, 0.2) is 0 Å². The van der Waals surface area contributed by atoms with Gasteiger partial charge in [0.1, 0.15) is 35.3 Å². The second-order valence-electron chi connectivity index (χ2n) is 13.6. The molecule has 21 heteroatoms. The van der Waals surface area contributed by atoms with Crippen LogP contribution < -0.4 is 5.32 Å². The van der Waals surface area contributed by atoms with E-state index in [2.05, 4.69) is 20.4 Å². The first-order chi connectivity index (χ1) is 30.9. The van der Waals surface area contributed by atoms with Crippen LogP contribution in [0, 0.1) is 22.7 Å². The van der Waals surface area contributed by atoms with Gasteiger partial charge in [-0.25, -0.2) is 23.1 Å². The van der Waals surface area contributed by atoms with Crippen LogP contribution in [0.4, 0.5) is 5.69 Å². The number of amides is 1. The van der Waals surface area contributed by atoms with E-state index in [-0.39, 0.29) is 54.0 Å². The molecule has 0 radical (unpaired) electrons. The van der Waals surface area contributed by atoms with Crippen LogP contribution in [0.5, 0.6) is 0 Å². The number of benzene rings is 5. The van der Waals surface area contributed by atoms with Crippen molar-refractivity contribution in [3.8, 4) is 23.3 Å². The van der Waals surface area contributed by atoms with Crippen LogP contribution in [0.3, 0.4) is 0 Å². The summed E-state index contributed by atoms with van der Waals surface area (Å²) < 4.78 is 31.5. The summed E-state index contributed by atoms with van der Waals surface area (Å²) in [5, 5.41) is 26.3. The van der Waals surface area contributed by atoms with Gasteiger partial charge < -0.3 is 10.1 Å². The van der Waals surface area contributed by atoms with Crippen molar-refractivity contribution in [3.63, 3.8) is 0 Å². The third-order valence-electron chi connectivity index (χ3n) is 9.39. The molecule has 0 unspecified atom stereocenters. The van der Waals surface area contributed by atoms with E-state index in [0.717, 1.165) is 22.9 Å². The van der Waals surface area contributed by atoms with Crippen LogP contribution in [-0.4, -0.2) is 40.3 Å². The van der Waals surface area contributed by atoms with E-state index in [1.807, 2.05) is 66.7 Å². The summed E-state index contributed by atoms with van der Waals surface area (Å²) in [7, 11) is -3.57. The number of halogens is 9. The molecule has 2 atom stereocenters. The second-order valence-corrected chi connectivity index (χ2v) is 19.1. The van der Waals surface area contributed by atoms with E-state index in [4.69, 9.17) is 120 Å². The summed E-state index contributed by atoms with van der Waals surface area (Å²) in [5.41, 5.74) is 3.30. The number of hydrogen-bond donors (Lipinski definition) is 1. The molecule has 3 heterocycles. The van der Waals surface area contributed by atoms with Gasteiger partial charge in [0.05, 0.1) is 43.3 Å². The zero-order valence-corrected chi connectivity index (χ0v) is 40.5. The highest BCUT2D eigenvalue weighted by Crippen LogP contribution is 2.60. The number of ether oxygens (including phenoxy) is 1. The first-order valence-corrected chi connectivity index (χ1v) is 23.6. The number of aromatic nitrogens is 4. The highest BCUT2D eigenvalue weighted by Gasteiger charge is 2.60. The molecular weight excluding hydrogens is 1040 g/mol. The number of carbonyl (C=O) groups excluding carboxylic acids is 1. The van der Waals surface area contributed by atoms with Crippen molar-refractivity contribution in [2.45, 2.75) is 23.4 Å². The lowest BCUT2D eigenvalue weighted by Gasteiger charge is -2.17. The number of nitrogens with zero attached hydrogens (tertiary/aromatic N) is 6. The summed E-state index contributed by atoms with van der Waals surface area (Å²) in [5.74, 6) is -0.301. The molecule has 0 spiro atoms. The Bertz CT molecular complexity index is 3100. The van der Waals surface area contributed by atoms with E-state index < -0.39 is 21.5 Å². The van der Waals surface area contributed by atoms with Gasteiger partial charge in [-0.15, -0.1) is 0 Å². The highest BCUT2D eigenvalue weighted by molar-refractivity contribution is 7.90. The summed E-state index contributed by atoms with van der Waals surface area (Å²) >= 11 is 53.5. The zero-order chi connectivity index (χ0) is 47.2. The summed E-state index contributed by atoms with van der Waals surface area (Å²) in [6.45, 7) is 0.1000. The van der Waals surface area contributed by atoms with Crippen molar-refractivity contribution in [1.82, 2.24) is 19.7 Å². The van der Waals surface area contributed by atoms with Crippen LogP contribution in [-0.2, 0) is 26.7 Å². The Balaban J connectivity index is 0.000000171. The van der Waals surface area contributed by atoms with Crippen molar-refractivity contribution in [3.05, 3.63) is 189 Å². The van der Waals surface area contributed by atoms with Gasteiger partial charge in [0.25, 0.3) is 5.91 Å². The maximum absolute atomic E-state index is 12.4. The maximum Gasteiger partial charge on any atom is 0.258 e. The van der Waals surface area contributed by atoms with E-state index in [0.29, 0.717) is 36.9 Å². The molecule has 330 valence electrons. The number of nitrogens with one attached hydrogen (secondary N) is 1. The van der Waals surface area contributed by atoms with Crippen molar-refractivity contribution in [2.24, 2.45) is 0 Å². The van der Waals surface area contributed by atoms with E-state index in [1.165, 1.54) is 11.0 Å². The second kappa shape index (κ2) is 21.3. The third kappa shape index (κ3) is 11.3. The maximum atomic E-state index is 12.4. The van der Waals surface area contributed by atoms with Gasteiger partial charge in [-0.2, -0.15) is 15.6 Å². The Morgan fingerprint density at radius 3 is 2.00 bits per heavy atom. The van der Waals surface area contributed by atoms with Crippen molar-refractivity contribution < 1.29 is 17.9 Å². The number of para-hydroxylation sites is 1. The van der Waals surface area contributed by atoms with Gasteiger partial charge in [-0.1, -0.05) is 159 Å². The molecule has 0 saturated carbocycles. The van der Waals surface area contributed by atoms with Crippen LogP contribution in [0.2, 0.25) is 45.3 Å². The number of nitriles is 2. The van der Waals surface area contributed by atoms with E-state index >= 15 is 0 Å². The van der Waals surface area contributed by atoms with Crippen molar-refractivity contribution in [1.29, 1.82) is 10.5 Å². The normalized spacial score (nSPS) is 15.0. The predicted octanol–water partition coefficient (Wildman–Crippen LogP) is 13.7. The number of carbonyl (C=O) groups is 1. The lowest BCUT2D eigenvalue weighted by atomic mass is 9.91. The molecule has 5 aromatic carbocycles. The fourth-order valence-corrected chi connectivity index (χ4v) is 9.28. The minimum absolute atomic E-state index is 0.0363. The molecular formula is C44H26Cl9N7O4S.